The summed E-state index contributed by atoms with van der Waals surface area (Å²) < 4.78 is 47.8. The molecule has 3 aromatic rings. The van der Waals surface area contributed by atoms with E-state index in [0.717, 1.165) is 0 Å². The van der Waals surface area contributed by atoms with Crippen LogP contribution in [0.4, 0.5) is 14.5 Å². The van der Waals surface area contributed by atoms with Gasteiger partial charge in [0.05, 0.1) is 35.6 Å². The van der Waals surface area contributed by atoms with E-state index in [4.69, 9.17) is 14.2 Å². The summed E-state index contributed by atoms with van der Waals surface area (Å²) in [4.78, 5) is 12.5. The first-order valence-corrected chi connectivity index (χ1v) is 16.1. The number of nitrogens with one attached hydrogen (secondary N) is 1. The van der Waals surface area contributed by atoms with Gasteiger partial charge in [-0.2, -0.15) is 5.26 Å². The highest BCUT2D eigenvalue weighted by Gasteiger charge is 2.41. The second-order valence-corrected chi connectivity index (χ2v) is 16.7. The van der Waals surface area contributed by atoms with E-state index >= 15 is 8.78 Å². The van der Waals surface area contributed by atoms with E-state index in [1.165, 1.54) is 33.4 Å². The van der Waals surface area contributed by atoms with Crippen molar-refractivity contribution in [2.24, 2.45) is 0 Å². The number of hydrogen-bond acceptors (Lipinski definition) is 6. The minimum absolute atomic E-state index is 0.0826. The molecule has 0 unspecified atom stereocenters. The van der Waals surface area contributed by atoms with Gasteiger partial charge >= 0.3 is 5.97 Å². The SMILES string of the molecule is CNc1c(C(=O)OC)cc(C#N)c(-c2cc(OCOC)cc3ccc(F)c(C#C[Si](C(C)C)(C(C)C)C(C)C)c23)c1F. The monoisotopic (exact) mass is 592 g/mol. The van der Waals surface area contributed by atoms with E-state index < -0.39 is 25.7 Å². The molecular formula is C33H38F2N2O4Si. The molecule has 0 bridgehead atoms. The van der Waals surface area contributed by atoms with Crippen LogP contribution in [-0.4, -0.2) is 42.1 Å². The third kappa shape index (κ3) is 5.85. The molecule has 3 aromatic carbocycles. The number of benzene rings is 3. The Kier molecular flexibility index (Phi) is 10.4. The fourth-order valence-corrected chi connectivity index (χ4v) is 11.3. The third-order valence-electron chi connectivity index (χ3n) is 7.97. The fourth-order valence-electron chi connectivity index (χ4n) is 6.06. The number of fused-ring (bicyclic) bond motifs is 1. The smallest absolute Gasteiger partial charge is 0.340 e. The molecule has 0 saturated heterocycles. The first-order valence-electron chi connectivity index (χ1n) is 13.8. The molecule has 6 nitrogen and oxygen atoms in total. The van der Waals surface area contributed by atoms with Crippen LogP contribution in [0, 0.1) is 34.4 Å². The summed E-state index contributed by atoms with van der Waals surface area (Å²) in [5.74, 6) is 1.32. The van der Waals surface area contributed by atoms with Crippen molar-refractivity contribution >= 4 is 30.5 Å². The molecule has 0 aliphatic carbocycles. The molecule has 0 aliphatic heterocycles. The van der Waals surface area contributed by atoms with Crippen LogP contribution in [0.25, 0.3) is 21.9 Å². The molecule has 0 heterocycles. The summed E-state index contributed by atoms with van der Waals surface area (Å²) in [7, 11) is 1.83. The van der Waals surface area contributed by atoms with E-state index in [0.29, 0.717) is 33.1 Å². The van der Waals surface area contributed by atoms with Crippen molar-refractivity contribution in [3.63, 3.8) is 0 Å². The van der Waals surface area contributed by atoms with Crippen molar-refractivity contribution in [3.05, 3.63) is 58.7 Å². The number of hydrogen-bond donors (Lipinski definition) is 1. The summed E-state index contributed by atoms with van der Waals surface area (Å²) in [5.41, 5.74) is 4.29. The number of anilines is 1. The van der Waals surface area contributed by atoms with Crippen molar-refractivity contribution in [1.82, 2.24) is 0 Å². The van der Waals surface area contributed by atoms with Crippen molar-refractivity contribution in [2.75, 3.05) is 33.4 Å². The lowest BCUT2D eigenvalue weighted by atomic mass is 9.89. The second-order valence-electron chi connectivity index (χ2n) is 11.1. The van der Waals surface area contributed by atoms with E-state index in [1.807, 2.05) is 6.07 Å². The van der Waals surface area contributed by atoms with Gasteiger partial charge in [-0.05, 0) is 51.8 Å². The average molecular weight is 593 g/mol. The molecule has 0 atom stereocenters. The van der Waals surface area contributed by atoms with Crippen LogP contribution < -0.4 is 10.1 Å². The van der Waals surface area contributed by atoms with E-state index in [2.05, 4.69) is 58.3 Å². The molecule has 0 fully saturated rings. The number of ether oxygens (including phenoxy) is 3. The highest BCUT2D eigenvalue weighted by molar-refractivity contribution is 6.90. The Balaban J connectivity index is 2.56. The molecule has 0 spiro atoms. The van der Waals surface area contributed by atoms with Crippen LogP contribution in [0.2, 0.25) is 16.6 Å². The van der Waals surface area contributed by atoms with Crippen LogP contribution in [-0.2, 0) is 9.47 Å². The number of nitriles is 1. The minimum Gasteiger partial charge on any atom is -0.468 e. The zero-order chi connectivity index (χ0) is 31.4. The molecule has 0 saturated carbocycles. The van der Waals surface area contributed by atoms with Gasteiger partial charge in [0.2, 0.25) is 0 Å². The Morgan fingerprint density at radius 3 is 2.19 bits per heavy atom. The Morgan fingerprint density at radius 2 is 1.67 bits per heavy atom. The normalized spacial score (nSPS) is 11.5. The number of carbonyl (C=O) groups is 1. The molecule has 3 rings (SSSR count). The molecular weight excluding hydrogens is 554 g/mol. The predicted octanol–water partition coefficient (Wildman–Crippen LogP) is 8.04. The topological polar surface area (TPSA) is 80.6 Å². The van der Waals surface area contributed by atoms with Gasteiger partial charge in [0.15, 0.2) is 12.6 Å². The van der Waals surface area contributed by atoms with Gasteiger partial charge in [-0.25, -0.2) is 13.6 Å². The number of rotatable bonds is 9. The molecule has 42 heavy (non-hydrogen) atoms. The van der Waals surface area contributed by atoms with Crippen LogP contribution in [0.1, 0.15) is 63.0 Å². The lowest BCUT2D eigenvalue weighted by Crippen LogP contribution is -2.43. The predicted molar refractivity (Wildman–Crippen MR) is 165 cm³/mol. The van der Waals surface area contributed by atoms with Gasteiger partial charge in [-0.1, -0.05) is 53.5 Å². The number of methoxy groups -OCH3 is 2. The standard InChI is InChI=1S/C33H38F2N2O4Si/c1-19(2)42(20(3)4,21(5)6)13-12-25-28(34)11-10-22-14-24(41-18-39-8)16-26(29(22)25)30-23(17-36)15-27(33(38)40-9)32(37-7)31(30)35/h10-11,14-16,19-21,37H,18H2,1-9H3. The zero-order valence-electron chi connectivity index (χ0n) is 25.7. The summed E-state index contributed by atoms with van der Waals surface area (Å²) >= 11 is 0. The maximum absolute atomic E-state index is 16.4. The molecule has 0 amide bonds. The summed E-state index contributed by atoms with van der Waals surface area (Å²) in [5, 5.41) is 13.7. The molecule has 0 aliphatic rings. The maximum atomic E-state index is 16.4. The van der Waals surface area contributed by atoms with Crippen molar-refractivity contribution in [2.45, 2.75) is 58.2 Å². The molecule has 1 N–H and O–H groups in total. The van der Waals surface area contributed by atoms with Gasteiger partial charge in [-0.15, -0.1) is 5.54 Å². The number of halogens is 2. The molecule has 222 valence electrons. The molecule has 0 radical (unpaired) electrons. The summed E-state index contributed by atoms with van der Waals surface area (Å²) in [6, 6.07) is 9.42. The van der Waals surface area contributed by atoms with E-state index in [1.54, 1.807) is 18.2 Å². The Labute approximate surface area is 248 Å². The maximum Gasteiger partial charge on any atom is 0.340 e. The highest BCUT2D eigenvalue weighted by atomic mass is 28.3. The second kappa shape index (κ2) is 13.4. The fraction of sp³-hybridized carbons (Fsp3) is 0.394. The van der Waals surface area contributed by atoms with Crippen molar-refractivity contribution < 1.29 is 27.8 Å². The Hall–Kier alpha value is -3.92. The van der Waals surface area contributed by atoms with Crippen LogP contribution >= 0.6 is 0 Å². The van der Waals surface area contributed by atoms with Crippen LogP contribution in [0.5, 0.6) is 5.75 Å². The van der Waals surface area contributed by atoms with E-state index in [9.17, 15) is 10.1 Å². The summed E-state index contributed by atoms with van der Waals surface area (Å²) in [6.45, 7) is 12.9. The van der Waals surface area contributed by atoms with Gasteiger partial charge in [0.25, 0.3) is 0 Å². The zero-order valence-corrected chi connectivity index (χ0v) is 26.7. The molecule has 0 aromatic heterocycles. The Morgan fingerprint density at radius 1 is 1.02 bits per heavy atom. The quantitative estimate of drug-likeness (QED) is 0.117. The van der Waals surface area contributed by atoms with Crippen molar-refractivity contribution in [1.29, 1.82) is 5.26 Å². The van der Waals surface area contributed by atoms with Gasteiger partial charge in [0.1, 0.15) is 19.6 Å². The van der Waals surface area contributed by atoms with Gasteiger partial charge in [-0.3, -0.25) is 0 Å². The average Bonchev–Trinajstić information content (AvgIpc) is 2.95. The third-order valence-corrected chi connectivity index (χ3v) is 14.3. The van der Waals surface area contributed by atoms with Crippen LogP contribution in [0.15, 0.2) is 30.3 Å². The van der Waals surface area contributed by atoms with Gasteiger partial charge < -0.3 is 19.5 Å². The number of nitrogens with zero attached hydrogens (tertiary/aromatic N) is 1. The van der Waals surface area contributed by atoms with Gasteiger partial charge in [0, 0.05) is 25.1 Å². The largest absolute Gasteiger partial charge is 0.468 e. The summed E-state index contributed by atoms with van der Waals surface area (Å²) in [6.07, 6.45) is 0. The van der Waals surface area contributed by atoms with Crippen LogP contribution in [0.3, 0.4) is 0 Å². The lowest BCUT2D eigenvalue weighted by molar-refractivity contribution is 0.0512. The number of carbonyl (C=O) groups excluding carboxylic acids is 1. The number of esters is 1. The van der Waals surface area contributed by atoms with Crippen molar-refractivity contribution in [3.8, 4) is 34.4 Å². The first kappa shape index (κ1) is 32.6. The molecule has 9 heteroatoms. The van der Waals surface area contributed by atoms with E-state index in [-0.39, 0.29) is 40.3 Å². The minimum atomic E-state index is -2.27. The highest BCUT2D eigenvalue weighted by Crippen LogP contribution is 2.43. The first-order chi connectivity index (χ1) is 19.9. The Bertz CT molecular complexity index is 1580. The lowest BCUT2D eigenvalue weighted by Gasteiger charge is -2.38.